The van der Waals surface area contributed by atoms with Crippen LogP contribution in [0.1, 0.15) is 96.3 Å². The normalized spacial score (nSPS) is 51.5. The van der Waals surface area contributed by atoms with Gasteiger partial charge in [-0.1, -0.05) is 85.3 Å². The molecule has 8 aliphatic carbocycles. The van der Waals surface area contributed by atoms with Crippen LogP contribution in [0.4, 0.5) is 0 Å². The fourth-order valence-corrected chi connectivity index (χ4v) is 15.3. The van der Waals surface area contributed by atoms with Crippen LogP contribution < -0.4 is 0 Å². The molecule has 43 heavy (non-hydrogen) atoms. The molecule has 1 heterocycles. The van der Waals surface area contributed by atoms with Gasteiger partial charge in [-0.05, 0) is 160 Å². The van der Waals surface area contributed by atoms with Crippen molar-refractivity contribution in [1.82, 2.24) is 0 Å². The molecule has 1 saturated heterocycles. The molecule has 15 atom stereocenters. The highest BCUT2D eigenvalue weighted by Gasteiger charge is 2.58. The molecule has 230 valence electrons. The topological polar surface area (TPSA) is 0 Å². The predicted molar refractivity (Wildman–Crippen MR) is 184 cm³/mol. The zero-order chi connectivity index (χ0) is 28.3. The van der Waals surface area contributed by atoms with Crippen molar-refractivity contribution in [2.45, 2.75) is 107 Å². The van der Waals surface area contributed by atoms with Crippen LogP contribution in [0.3, 0.4) is 0 Å². The Morgan fingerprint density at radius 2 is 1.40 bits per heavy atom. The van der Waals surface area contributed by atoms with Crippen molar-refractivity contribution >= 4 is 11.8 Å². The van der Waals surface area contributed by atoms with E-state index in [1.165, 1.54) is 96.3 Å². The average Bonchev–Trinajstić information content (AvgIpc) is 3.46. The Bertz CT molecular complexity index is 1210. The van der Waals surface area contributed by atoms with Gasteiger partial charge in [-0.25, -0.2) is 0 Å². The summed E-state index contributed by atoms with van der Waals surface area (Å²) >= 11 is 2.38. The average molecular weight is 593 g/mol. The second kappa shape index (κ2) is 11.9. The number of allylic oxidation sites excluding steroid dienone is 11. The van der Waals surface area contributed by atoms with Crippen molar-refractivity contribution < 1.29 is 0 Å². The van der Waals surface area contributed by atoms with E-state index in [2.05, 4.69) is 78.6 Å². The standard InChI is InChI=1S/C42H56S/c1-2-13-28-26-29(25-24-27(28)12-1)30-14-3-4-15-31(30)40-32-16-5-7-18-34(32)41(35-19-8-6-17-33(35)40)37-21-11-23-39-42(37)36-20-9-10-22-38(36)43-39/h2-5,7,9,11,13,15,20,23,27-30,32-42H,1,6,8,10,12,14,16-19,21-22,24-26H2. The van der Waals surface area contributed by atoms with Crippen molar-refractivity contribution in [2.24, 2.45) is 76.9 Å². The predicted octanol–water partition coefficient (Wildman–Crippen LogP) is 11.1. The molecular formula is C42H56S. The highest BCUT2D eigenvalue weighted by atomic mass is 32.2. The van der Waals surface area contributed by atoms with Crippen LogP contribution in [0.25, 0.3) is 0 Å². The SMILES string of the molecule is C1=CCC(C2CCC3CCC=CC3C2)C(C2C3CC=CCC3C(C3CC=CC4SC5CCC=CC5C43)C3CCCCC32)=C1. The van der Waals surface area contributed by atoms with Crippen LogP contribution in [0.5, 0.6) is 0 Å². The summed E-state index contributed by atoms with van der Waals surface area (Å²) in [6, 6.07) is 0. The molecule has 15 unspecified atom stereocenters. The monoisotopic (exact) mass is 592 g/mol. The van der Waals surface area contributed by atoms with Gasteiger partial charge in [-0.2, -0.15) is 11.8 Å². The van der Waals surface area contributed by atoms with E-state index in [-0.39, 0.29) is 0 Å². The molecule has 0 spiro atoms. The van der Waals surface area contributed by atoms with Gasteiger partial charge in [0, 0.05) is 10.5 Å². The van der Waals surface area contributed by atoms with Gasteiger partial charge in [0.15, 0.2) is 0 Å². The third-order valence-corrected chi connectivity index (χ3v) is 16.7. The van der Waals surface area contributed by atoms with E-state index in [0.717, 1.165) is 87.4 Å². The molecule has 1 aliphatic heterocycles. The van der Waals surface area contributed by atoms with Crippen molar-refractivity contribution in [3.05, 3.63) is 72.4 Å². The Morgan fingerprint density at radius 1 is 0.581 bits per heavy atom. The van der Waals surface area contributed by atoms with Gasteiger partial charge in [0.2, 0.25) is 0 Å². The fourth-order valence-electron chi connectivity index (χ4n) is 13.4. The third kappa shape index (κ3) is 4.82. The van der Waals surface area contributed by atoms with Crippen LogP contribution in [0, 0.1) is 76.9 Å². The van der Waals surface area contributed by atoms with Crippen LogP contribution in [-0.2, 0) is 0 Å². The number of fused-ring (bicyclic) bond motifs is 6. The first-order chi connectivity index (χ1) is 21.3. The summed E-state index contributed by atoms with van der Waals surface area (Å²) in [6.07, 6.45) is 50.3. The lowest BCUT2D eigenvalue weighted by Gasteiger charge is -2.60. The van der Waals surface area contributed by atoms with Gasteiger partial charge >= 0.3 is 0 Å². The highest BCUT2D eigenvalue weighted by Crippen LogP contribution is 2.65. The molecule has 0 N–H and O–H groups in total. The number of hydrogen-bond acceptors (Lipinski definition) is 1. The van der Waals surface area contributed by atoms with Crippen molar-refractivity contribution in [1.29, 1.82) is 0 Å². The summed E-state index contributed by atoms with van der Waals surface area (Å²) in [7, 11) is 0. The van der Waals surface area contributed by atoms with Gasteiger partial charge < -0.3 is 0 Å². The minimum atomic E-state index is 0.786. The minimum absolute atomic E-state index is 0.786. The number of rotatable bonds is 3. The molecule has 0 aromatic carbocycles. The molecule has 0 nitrogen and oxygen atoms in total. The fraction of sp³-hybridized carbons (Fsp3) is 0.714. The molecule has 3 saturated carbocycles. The maximum absolute atomic E-state index is 2.72. The highest BCUT2D eigenvalue weighted by molar-refractivity contribution is 8.01. The Hall–Kier alpha value is -1.21. The van der Waals surface area contributed by atoms with E-state index in [1.807, 2.05) is 5.57 Å². The summed E-state index contributed by atoms with van der Waals surface area (Å²) in [5, 5.41) is 1.67. The van der Waals surface area contributed by atoms with E-state index in [0.29, 0.717) is 0 Å². The van der Waals surface area contributed by atoms with Gasteiger partial charge in [0.25, 0.3) is 0 Å². The lowest BCUT2D eigenvalue weighted by Crippen LogP contribution is -2.54. The van der Waals surface area contributed by atoms with Crippen molar-refractivity contribution in [2.75, 3.05) is 0 Å². The molecule has 1 heteroatoms. The van der Waals surface area contributed by atoms with E-state index < -0.39 is 0 Å². The number of thioether (sulfide) groups is 1. The zero-order valence-corrected chi connectivity index (χ0v) is 27.3. The van der Waals surface area contributed by atoms with Gasteiger partial charge in [-0.15, -0.1) is 0 Å². The Kier molecular flexibility index (Phi) is 7.74. The smallest absolute Gasteiger partial charge is 0.0267 e. The summed E-state index contributed by atoms with van der Waals surface area (Å²) in [5.41, 5.74) is 1.96. The lowest BCUT2D eigenvalue weighted by molar-refractivity contribution is -0.0743. The first-order valence-electron chi connectivity index (χ1n) is 19.0. The molecule has 0 aromatic heterocycles. The van der Waals surface area contributed by atoms with Crippen LogP contribution in [0.2, 0.25) is 0 Å². The summed E-state index contributed by atoms with van der Waals surface area (Å²) in [6.45, 7) is 0. The first-order valence-corrected chi connectivity index (χ1v) is 20.0. The first kappa shape index (κ1) is 28.0. The second-order valence-corrected chi connectivity index (χ2v) is 18.0. The minimum Gasteiger partial charge on any atom is -0.150 e. The van der Waals surface area contributed by atoms with E-state index in [1.54, 1.807) is 0 Å². The van der Waals surface area contributed by atoms with Crippen molar-refractivity contribution in [3.63, 3.8) is 0 Å². The quantitative estimate of drug-likeness (QED) is 0.294. The molecule has 0 radical (unpaired) electrons. The summed E-state index contributed by atoms with van der Waals surface area (Å²) in [4.78, 5) is 0. The lowest BCUT2D eigenvalue weighted by atomic mass is 9.45. The van der Waals surface area contributed by atoms with E-state index in [4.69, 9.17) is 0 Å². The molecule has 4 fully saturated rings. The van der Waals surface area contributed by atoms with Gasteiger partial charge in [-0.3, -0.25) is 0 Å². The Balaban J connectivity index is 1.06. The molecule has 0 amide bonds. The second-order valence-electron chi connectivity index (χ2n) is 16.6. The summed E-state index contributed by atoms with van der Waals surface area (Å²) < 4.78 is 0. The number of hydrogen-bond donors (Lipinski definition) is 0. The Morgan fingerprint density at radius 3 is 2.35 bits per heavy atom. The van der Waals surface area contributed by atoms with Gasteiger partial charge in [0.05, 0.1) is 0 Å². The molecule has 9 rings (SSSR count). The van der Waals surface area contributed by atoms with Gasteiger partial charge in [0.1, 0.15) is 0 Å². The molecule has 0 bridgehead atoms. The van der Waals surface area contributed by atoms with Crippen LogP contribution in [0.15, 0.2) is 72.4 Å². The largest absolute Gasteiger partial charge is 0.150 e. The molecule has 9 aliphatic rings. The zero-order valence-electron chi connectivity index (χ0n) is 26.5. The maximum atomic E-state index is 2.72. The van der Waals surface area contributed by atoms with Crippen molar-refractivity contribution in [3.8, 4) is 0 Å². The third-order valence-electron chi connectivity index (χ3n) is 15.0. The van der Waals surface area contributed by atoms with Crippen LogP contribution >= 0.6 is 11.8 Å². The molecule has 0 aromatic rings. The maximum Gasteiger partial charge on any atom is 0.0267 e. The molecular weight excluding hydrogens is 537 g/mol. The van der Waals surface area contributed by atoms with Crippen LogP contribution in [-0.4, -0.2) is 10.5 Å². The summed E-state index contributed by atoms with van der Waals surface area (Å²) in [5.74, 6) is 11.7. The van der Waals surface area contributed by atoms with E-state index in [9.17, 15) is 0 Å². The Labute approximate surface area is 267 Å². The van der Waals surface area contributed by atoms with E-state index >= 15 is 0 Å².